The predicted molar refractivity (Wildman–Crippen MR) is 64.6 cm³/mol. The van der Waals surface area contributed by atoms with Gasteiger partial charge in [0.2, 0.25) is 5.91 Å². The highest BCUT2D eigenvalue weighted by Gasteiger charge is 2.29. The topological polar surface area (TPSA) is 58.6 Å². The highest BCUT2D eigenvalue weighted by molar-refractivity contribution is 5.76. The first kappa shape index (κ1) is 13.8. The van der Waals surface area contributed by atoms with E-state index in [9.17, 15) is 9.59 Å². The van der Waals surface area contributed by atoms with E-state index in [0.717, 1.165) is 19.4 Å². The average molecular weight is 242 g/mol. The molecular formula is C12H22N2O3. The molecule has 0 aromatic heterocycles. The van der Waals surface area contributed by atoms with Crippen LogP contribution in [-0.4, -0.2) is 43.1 Å². The zero-order valence-corrected chi connectivity index (χ0v) is 10.9. The van der Waals surface area contributed by atoms with E-state index in [4.69, 9.17) is 0 Å². The molecule has 1 aliphatic rings. The zero-order chi connectivity index (χ0) is 12.8. The summed E-state index contributed by atoms with van der Waals surface area (Å²) in [6.45, 7) is 5.38. The third-order valence-electron chi connectivity index (χ3n) is 3.28. The number of likely N-dealkylation sites (tertiary alicyclic amines) is 1. The molecule has 0 aromatic rings. The van der Waals surface area contributed by atoms with Crippen molar-refractivity contribution in [1.29, 1.82) is 0 Å². The van der Waals surface area contributed by atoms with Crippen LogP contribution in [0.25, 0.3) is 0 Å². The van der Waals surface area contributed by atoms with Gasteiger partial charge in [-0.25, -0.2) is 4.79 Å². The van der Waals surface area contributed by atoms with Gasteiger partial charge < -0.3 is 15.0 Å². The average Bonchev–Trinajstić information content (AvgIpc) is 2.36. The zero-order valence-electron chi connectivity index (χ0n) is 10.9. The fourth-order valence-electron chi connectivity index (χ4n) is 2.26. The van der Waals surface area contributed by atoms with E-state index in [1.807, 2.05) is 11.8 Å². The van der Waals surface area contributed by atoms with Gasteiger partial charge in [-0.05, 0) is 12.3 Å². The Hall–Kier alpha value is -1.26. The number of rotatable bonds is 3. The molecule has 1 rings (SSSR count). The molecular weight excluding hydrogens is 220 g/mol. The number of amides is 2. The number of nitrogens with one attached hydrogen (secondary N) is 1. The molecule has 0 spiro atoms. The lowest BCUT2D eigenvalue weighted by atomic mass is 9.92. The summed E-state index contributed by atoms with van der Waals surface area (Å²) in [7, 11) is 1.35. The normalized spacial score (nSPS) is 24.3. The Morgan fingerprint density at radius 3 is 2.59 bits per heavy atom. The molecule has 0 aromatic carbocycles. The van der Waals surface area contributed by atoms with Gasteiger partial charge in [-0.1, -0.05) is 20.3 Å². The Morgan fingerprint density at radius 2 is 2.06 bits per heavy atom. The van der Waals surface area contributed by atoms with E-state index in [2.05, 4.69) is 17.0 Å². The van der Waals surface area contributed by atoms with Crippen LogP contribution in [0, 0.1) is 5.92 Å². The van der Waals surface area contributed by atoms with Gasteiger partial charge in [-0.3, -0.25) is 4.79 Å². The van der Waals surface area contributed by atoms with Crippen molar-refractivity contribution in [1.82, 2.24) is 10.2 Å². The molecule has 1 saturated heterocycles. The molecule has 5 heteroatoms. The molecule has 1 N–H and O–H groups in total. The van der Waals surface area contributed by atoms with E-state index >= 15 is 0 Å². The number of piperidine rings is 1. The van der Waals surface area contributed by atoms with Crippen molar-refractivity contribution in [3.05, 3.63) is 0 Å². The summed E-state index contributed by atoms with van der Waals surface area (Å²) in [6.07, 6.45) is 2.03. The van der Waals surface area contributed by atoms with E-state index < -0.39 is 6.09 Å². The second-order valence-electron chi connectivity index (χ2n) is 4.50. The molecule has 1 aliphatic heterocycles. The van der Waals surface area contributed by atoms with Gasteiger partial charge in [0.15, 0.2) is 0 Å². The SMILES string of the molecule is CCC(=O)N1CC(CC)CC(NC(=O)OC)C1. The van der Waals surface area contributed by atoms with Gasteiger partial charge in [0.05, 0.1) is 13.2 Å². The van der Waals surface area contributed by atoms with Crippen molar-refractivity contribution in [2.24, 2.45) is 5.92 Å². The second kappa shape index (κ2) is 6.47. The molecule has 0 saturated carbocycles. The van der Waals surface area contributed by atoms with Gasteiger partial charge in [-0.2, -0.15) is 0 Å². The number of nitrogens with zero attached hydrogens (tertiary/aromatic N) is 1. The van der Waals surface area contributed by atoms with Gasteiger partial charge >= 0.3 is 6.09 Å². The Bertz CT molecular complexity index is 281. The van der Waals surface area contributed by atoms with E-state index in [1.54, 1.807) is 0 Å². The highest BCUT2D eigenvalue weighted by atomic mass is 16.5. The third-order valence-corrected chi connectivity index (χ3v) is 3.28. The molecule has 2 atom stereocenters. The smallest absolute Gasteiger partial charge is 0.407 e. The second-order valence-corrected chi connectivity index (χ2v) is 4.50. The minimum Gasteiger partial charge on any atom is -0.453 e. The summed E-state index contributed by atoms with van der Waals surface area (Å²) in [5.74, 6) is 0.612. The lowest BCUT2D eigenvalue weighted by Gasteiger charge is -2.37. The number of carbonyl (C=O) groups excluding carboxylic acids is 2. The van der Waals surface area contributed by atoms with Crippen molar-refractivity contribution < 1.29 is 14.3 Å². The van der Waals surface area contributed by atoms with Crippen LogP contribution in [0.2, 0.25) is 0 Å². The van der Waals surface area contributed by atoms with E-state index in [1.165, 1.54) is 7.11 Å². The van der Waals surface area contributed by atoms with Crippen molar-refractivity contribution in [3.63, 3.8) is 0 Å². The first-order valence-electron chi connectivity index (χ1n) is 6.22. The fourth-order valence-corrected chi connectivity index (χ4v) is 2.26. The van der Waals surface area contributed by atoms with Crippen LogP contribution < -0.4 is 5.32 Å². The molecule has 98 valence electrons. The lowest BCUT2D eigenvalue weighted by Crippen LogP contribution is -2.52. The number of ether oxygens (including phenoxy) is 1. The molecule has 2 amide bonds. The number of alkyl carbamates (subject to hydrolysis) is 1. The fraction of sp³-hybridized carbons (Fsp3) is 0.833. The summed E-state index contributed by atoms with van der Waals surface area (Å²) in [6, 6.07) is 0.0108. The van der Waals surface area contributed by atoms with Crippen LogP contribution in [0.1, 0.15) is 33.1 Å². The van der Waals surface area contributed by atoms with Gasteiger partial charge in [0.1, 0.15) is 0 Å². The molecule has 5 nitrogen and oxygen atoms in total. The molecule has 1 heterocycles. The maximum absolute atomic E-state index is 11.7. The Morgan fingerprint density at radius 1 is 1.35 bits per heavy atom. The van der Waals surface area contributed by atoms with Crippen LogP contribution in [0.4, 0.5) is 4.79 Å². The number of hydrogen-bond acceptors (Lipinski definition) is 3. The van der Waals surface area contributed by atoms with Crippen LogP contribution in [0.3, 0.4) is 0 Å². The maximum atomic E-state index is 11.7. The first-order valence-corrected chi connectivity index (χ1v) is 6.22. The standard InChI is InChI=1S/C12H22N2O3/c1-4-9-6-10(13-12(16)17-3)8-14(7-9)11(15)5-2/h9-10H,4-8H2,1-3H3,(H,13,16). The Labute approximate surface area is 102 Å². The summed E-state index contributed by atoms with van der Waals surface area (Å²) < 4.78 is 4.59. The molecule has 17 heavy (non-hydrogen) atoms. The van der Waals surface area contributed by atoms with Crippen LogP contribution in [0.5, 0.6) is 0 Å². The van der Waals surface area contributed by atoms with Crippen LogP contribution in [-0.2, 0) is 9.53 Å². The van der Waals surface area contributed by atoms with Gasteiger partial charge in [0, 0.05) is 19.5 Å². The molecule has 2 unspecified atom stereocenters. The summed E-state index contributed by atoms with van der Waals surface area (Å²) in [5, 5.41) is 2.79. The number of methoxy groups -OCH3 is 1. The molecule has 1 fully saturated rings. The van der Waals surface area contributed by atoms with Crippen molar-refractivity contribution in [2.45, 2.75) is 39.2 Å². The minimum absolute atomic E-state index is 0.0108. The van der Waals surface area contributed by atoms with E-state index in [-0.39, 0.29) is 11.9 Å². The minimum atomic E-state index is -0.421. The quantitative estimate of drug-likeness (QED) is 0.813. The van der Waals surface area contributed by atoms with Crippen molar-refractivity contribution in [3.8, 4) is 0 Å². The maximum Gasteiger partial charge on any atom is 0.407 e. The van der Waals surface area contributed by atoms with Crippen molar-refractivity contribution in [2.75, 3.05) is 20.2 Å². The largest absolute Gasteiger partial charge is 0.453 e. The Kier molecular flexibility index (Phi) is 5.25. The lowest BCUT2D eigenvalue weighted by molar-refractivity contribution is -0.133. The van der Waals surface area contributed by atoms with Crippen LogP contribution >= 0.6 is 0 Å². The molecule has 0 aliphatic carbocycles. The monoisotopic (exact) mass is 242 g/mol. The van der Waals surface area contributed by atoms with Gasteiger partial charge in [0.25, 0.3) is 0 Å². The van der Waals surface area contributed by atoms with Gasteiger partial charge in [-0.15, -0.1) is 0 Å². The number of hydrogen-bond donors (Lipinski definition) is 1. The molecule has 0 radical (unpaired) electrons. The summed E-state index contributed by atoms with van der Waals surface area (Å²) in [4.78, 5) is 24.7. The third kappa shape index (κ3) is 3.91. The van der Waals surface area contributed by atoms with Crippen molar-refractivity contribution >= 4 is 12.0 Å². The first-order chi connectivity index (χ1) is 8.10. The number of carbonyl (C=O) groups is 2. The highest BCUT2D eigenvalue weighted by Crippen LogP contribution is 2.20. The van der Waals surface area contributed by atoms with E-state index in [0.29, 0.717) is 18.9 Å². The summed E-state index contributed by atoms with van der Waals surface area (Å²) in [5.41, 5.74) is 0. The predicted octanol–water partition coefficient (Wildman–Crippen LogP) is 1.38. The molecule has 0 bridgehead atoms. The Balaban J connectivity index is 2.59. The summed E-state index contributed by atoms with van der Waals surface area (Å²) >= 11 is 0. The van der Waals surface area contributed by atoms with Crippen LogP contribution in [0.15, 0.2) is 0 Å².